The highest BCUT2D eigenvalue weighted by molar-refractivity contribution is 5.73. The highest BCUT2D eigenvalue weighted by atomic mass is 16.5. The van der Waals surface area contributed by atoms with Crippen LogP contribution in [0.1, 0.15) is 32.4 Å². The summed E-state index contributed by atoms with van der Waals surface area (Å²) in [5.74, 6) is 0.0241. The van der Waals surface area contributed by atoms with Crippen LogP contribution in [0, 0.1) is 5.41 Å². The molecular weight excluding hydrogens is 208 g/mol. The zero-order chi connectivity index (χ0) is 12.0. The smallest absolute Gasteiger partial charge is 0.309 e. The third-order valence-corrected chi connectivity index (χ3v) is 2.49. The highest BCUT2D eigenvalue weighted by Crippen LogP contribution is 2.22. The Bertz CT molecular complexity index is 314. The Morgan fingerprint density at radius 1 is 1.56 bits per heavy atom. The fourth-order valence-electron chi connectivity index (χ4n) is 1.29. The molecular formula is C12H18O4. The van der Waals surface area contributed by atoms with Crippen molar-refractivity contribution in [2.45, 2.75) is 33.3 Å². The number of rotatable bonds is 7. The van der Waals surface area contributed by atoms with Gasteiger partial charge < -0.3 is 14.3 Å². The predicted octanol–water partition coefficient (Wildman–Crippen LogP) is 2.69. The van der Waals surface area contributed by atoms with Crippen LogP contribution in [0.3, 0.4) is 0 Å². The van der Waals surface area contributed by atoms with Gasteiger partial charge in [0.25, 0.3) is 0 Å². The third-order valence-electron chi connectivity index (χ3n) is 2.49. The quantitative estimate of drug-likeness (QED) is 0.726. The highest BCUT2D eigenvalue weighted by Gasteiger charge is 2.25. The summed E-state index contributed by atoms with van der Waals surface area (Å²) < 4.78 is 10.5. The number of aliphatic carboxylic acids is 1. The second-order valence-electron chi connectivity index (χ2n) is 4.42. The molecule has 0 aliphatic rings. The van der Waals surface area contributed by atoms with Crippen LogP contribution in [0.4, 0.5) is 0 Å². The van der Waals surface area contributed by atoms with Crippen molar-refractivity contribution in [3.8, 4) is 0 Å². The minimum atomic E-state index is -0.765. The maximum atomic E-state index is 10.8. The van der Waals surface area contributed by atoms with Crippen LogP contribution >= 0.6 is 0 Å². The molecule has 0 fully saturated rings. The first-order chi connectivity index (χ1) is 7.52. The number of hydrogen-bond acceptors (Lipinski definition) is 3. The van der Waals surface area contributed by atoms with Gasteiger partial charge in [-0.2, -0.15) is 0 Å². The van der Waals surface area contributed by atoms with E-state index in [0.29, 0.717) is 19.6 Å². The van der Waals surface area contributed by atoms with Crippen LogP contribution in [0.15, 0.2) is 22.8 Å². The van der Waals surface area contributed by atoms with Gasteiger partial charge in [0.1, 0.15) is 12.4 Å². The molecule has 4 heteroatoms. The first kappa shape index (κ1) is 12.8. The summed E-state index contributed by atoms with van der Waals surface area (Å²) in [4.78, 5) is 10.8. The van der Waals surface area contributed by atoms with Crippen molar-refractivity contribution in [3.63, 3.8) is 0 Å². The van der Waals surface area contributed by atoms with Crippen LogP contribution in [-0.4, -0.2) is 17.7 Å². The molecule has 1 aromatic rings. The Balaban J connectivity index is 2.10. The molecule has 0 aliphatic carbocycles. The van der Waals surface area contributed by atoms with Crippen LogP contribution in [-0.2, 0) is 16.1 Å². The monoisotopic (exact) mass is 226 g/mol. The van der Waals surface area contributed by atoms with Gasteiger partial charge in [0.15, 0.2) is 0 Å². The maximum absolute atomic E-state index is 10.8. The van der Waals surface area contributed by atoms with E-state index < -0.39 is 11.4 Å². The van der Waals surface area contributed by atoms with Gasteiger partial charge in [0.2, 0.25) is 0 Å². The standard InChI is InChI=1S/C12H18O4/c1-12(2,11(13)14)6-4-7-15-9-10-5-3-8-16-10/h3,5,8H,4,6-7,9H2,1-2H3,(H,13,14). The second-order valence-corrected chi connectivity index (χ2v) is 4.42. The van der Waals surface area contributed by atoms with E-state index in [-0.39, 0.29) is 0 Å². The molecule has 0 amide bonds. The molecule has 0 bridgehead atoms. The van der Waals surface area contributed by atoms with Crippen molar-refractivity contribution >= 4 is 5.97 Å². The molecule has 0 saturated heterocycles. The van der Waals surface area contributed by atoms with Gasteiger partial charge in [-0.1, -0.05) is 0 Å². The van der Waals surface area contributed by atoms with Gasteiger partial charge in [0.05, 0.1) is 11.7 Å². The summed E-state index contributed by atoms with van der Waals surface area (Å²) in [5, 5.41) is 8.89. The Morgan fingerprint density at radius 2 is 2.31 bits per heavy atom. The lowest BCUT2D eigenvalue weighted by atomic mass is 9.88. The first-order valence-corrected chi connectivity index (χ1v) is 5.36. The lowest BCUT2D eigenvalue weighted by Crippen LogP contribution is -2.23. The molecule has 4 nitrogen and oxygen atoms in total. The van der Waals surface area contributed by atoms with Crippen molar-refractivity contribution in [3.05, 3.63) is 24.2 Å². The molecule has 1 heterocycles. The van der Waals surface area contributed by atoms with Gasteiger partial charge in [0, 0.05) is 6.61 Å². The second kappa shape index (κ2) is 5.70. The summed E-state index contributed by atoms with van der Waals surface area (Å²) in [7, 11) is 0. The molecule has 0 atom stereocenters. The maximum Gasteiger partial charge on any atom is 0.309 e. The van der Waals surface area contributed by atoms with Crippen molar-refractivity contribution in [2.24, 2.45) is 5.41 Å². The summed E-state index contributed by atoms with van der Waals surface area (Å²) in [5.41, 5.74) is -0.673. The van der Waals surface area contributed by atoms with Crippen LogP contribution in [0.25, 0.3) is 0 Å². The number of carbonyl (C=O) groups is 1. The molecule has 0 aromatic carbocycles. The molecule has 0 spiro atoms. The molecule has 0 saturated carbocycles. The van der Waals surface area contributed by atoms with E-state index in [1.54, 1.807) is 20.1 Å². The van der Waals surface area contributed by atoms with Crippen LogP contribution in [0.2, 0.25) is 0 Å². The summed E-state index contributed by atoms with van der Waals surface area (Å²) >= 11 is 0. The molecule has 0 radical (unpaired) electrons. The fraction of sp³-hybridized carbons (Fsp3) is 0.583. The Morgan fingerprint density at radius 3 is 2.88 bits per heavy atom. The topological polar surface area (TPSA) is 59.7 Å². The van der Waals surface area contributed by atoms with Gasteiger partial charge in [-0.25, -0.2) is 0 Å². The minimum Gasteiger partial charge on any atom is -0.481 e. The van der Waals surface area contributed by atoms with E-state index in [1.807, 2.05) is 12.1 Å². The number of carboxylic acids is 1. The summed E-state index contributed by atoms with van der Waals surface area (Å²) in [6.45, 7) is 4.45. The van der Waals surface area contributed by atoms with Gasteiger partial charge >= 0.3 is 5.97 Å². The zero-order valence-electron chi connectivity index (χ0n) is 9.73. The average molecular weight is 226 g/mol. The fourth-order valence-corrected chi connectivity index (χ4v) is 1.29. The van der Waals surface area contributed by atoms with Gasteiger partial charge in [-0.3, -0.25) is 4.79 Å². The third kappa shape index (κ3) is 4.06. The van der Waals surface area contributed by atoms with E-state index in [0.717, 1.165) is 12.2 Å². The Kier molecular flexibility index (Phi) is 4.55. The molecule has 1 N–H and O–H groups in total. The lowest BCUT2D eigenvalue weighted by Gasteiger charge is -2.18. The summed E-state index contributed by atoms with van der Waals surface area (Å²) in [6, 6.07) is 3.66. The number of carboxylic acid groups (broad SMARTS) is 1. The van der Waals surface area contributed by atoms with Crippen molar-refractivity contribution in [1.29, 1.82) is 0 Å². The lowest BCUT2D eigenvalue weighted by molar-refractivity contribution is -0.147. The summed E-state index contributed by atoms with van der Waals surface area (Å²) in [6.07, 6.45) is 2.95. The molecule has 16 heavy (non-hydrogen) atoms. The van der Waals surface area contributed by atoms with Crippen molar-refractivity contribution < 1.29 is 19.1 Å². The van der Waals surface area contributed by atoms with E-state index in [4.69, 9.17) is 14.3 Å². The zero-order valence-corrected chi connectivity index (χ0v) is 9.73. The Hall–Kier alpha value is -1.29. The van der Waals surface area contributed by atoms with Crippen molar-refractivity contribution in [2.75, 3.05) is 6.61 Å². The molecule has 1 rings (SSSR count). The van der Waals surface area contributed by atoms with Crippen molar-refractivity contribution in [1.82, 2.24) is 0 Å². The Labute approximate surface area is 95.2 Å². The number of ether oxygens (including phenoxy) is 1. The largest absolute Gasteiger partial charge is 0.481 e. The minimum absolute atomic E-state index is 0.445. The van der Waals surface area contributed by atoms with Crippen LogP contribution < -0.4 is 0 Å². The molecule has 0 aliphatic heterocycles. The number of furan rings is 1. The number of hydrogen-bond donors (Lipinski definition) is 1. The average Bonchev–Trinajstić information content (AvgIpc) is 2.69. The molecule has 90 valence electrons. The van der Waals surface area contributed by atoms with E-state index in [2.05, 4.69) is 0 Å². The van der Waals surface area contributed by atoms with Gasteiger partial charge in [-0.05, 0) is 38.8 Å². The van der Waals surface area contributed by atoms with E-state index >= 15 is 0 Å². The molecule has 0 unspecified atom stereocenters. The first-order valence-electron chi connectivity index (χ1n) is 5.36. The van der Waals surface area contributed by atoms with Crippen LogP contribution in [0.5, 0.6) is 0 Å². The normalized spacial score (nSPS) is 11.6. The van der Waals surface area contributed by atoms with E-state index in [1.165, 1.54) is 0 Å². The SMILES string of the molecule is CC(C)(CCCOCc1ccco1)C(=O)O. The predicted molar refractivity (Wildman–Crippen MR) is 59.0 cm³/mol. The van der Waals surface area contributed by atoms with Gasteiger partial charge in [-0.15, -0.1) is 0 Å². The molecule has 1 aromatic heterocycles. The van der Waals surface area contributed by atoms with E-state index in [9.17, 15) is 4.79 Å².